The van der Waals surface area contributed by atoms with Gasteiger partial charge in [-0.15, -0.1) is 11.3 Å². The van der Waals surface area contributed by atoms with Crippen molar-refractivity contribution in [3.8, 4) is 28.7 Å². The Bertz CT molecular complexity index is 2400. The molecule has 0 aliphatic carbocycles. The normalized spacial score (nSPS) is 11.8. The molecule has 9 rings (SSSR count). The maximum atomic E-state index is 5.19. The first-order valence-corrected chi connectivity index (χ1v) is 14.8. The van der Waals surface area contributed by atoms with Crippen LogP contribution in [0.1, 0.15) is 0 Å². The van der Waals surface area contributed by atoms with E-state index in [1.165, 1.54) is 42.4 Å². The van der Waals surface area contributed by atoms with Crippen molar-refractivity contribution in [1.29, 1.82) is 0 Å². The van der Waals surface area contributed by atoms with E-state index in [1.54, 1.807) is 11.3 Å². The van der Waals surface area contributed by atoms with Crippen LogP contribution in [0, 0.1) is 0 Å². The first-order chi connectivity index (χ1) is 20.8. The van der Waals surface area contributed by atoms with Gasteiger partial charge in [0.15, 0.2) is 11.6 Å². The van der Waals surface area contributed by atoms with Crippen LogP contribution < -0.4 is 0 Å². The summed E-state index contributed by atoms with van der Waals surface area (Å²) in [5, 5.41) is 10.6. The molecule has 0 spiro atoms. The zero-order valence-electron chi connectivity index (χ0n) is 22.4. The minimum atomic E-state index is 0.613. The van der Waals surface area contributed by atoms with E-state index in [1.807, 2.05) is 36.4 Å². The molecule has 6 aromatic carbocycles. The Kier molecular flexibility index (Phi) is 5.03. The standard InChI is InChI=1S/C37H22N4S/c1-3-11-23(12-4-1)35-38-36(24-13-5-2-6-14-24)40-37(39-35)41-33-29-21-22-42-31(29)20-19-30(33)32-27-17-9-7-15-25(27)26-16-8-10-18-28(26)34(32)41/h1-22H. The molecule has 9 aromatic rings. The van der Waals surface area contributed by atoms with Crippen molar-refractivity contribution in [3.05, 3.63) is 133 Å². The topological polar surface area (TPSA) is 43.6 Å². The van der Waals surface area contributed by atoms with E-state index in [0.717, 1.165) is 22.2 Å². The molecule has 42 heavy (non-hydrogen) atoms. The number of fused-ring (bicyclic) bond motifs is 10. The van der Waals surface area contributed by atoms with E-state index >= 15 is 0 Å². The van der Waals surface area contributed by atoms with Crippen molar-refractivity contribution < 1.29 is 0 Å². The average Bonchev–Trinajstić information content (AvgIpc) is 3.69. The van der Waals surface area contributed by atoms with Crippen molar-refractivity contribution in [3.63, 3.8) is 0 Å². The highest BCUT2D eigenvalue weighted by Crippen LogP contribution is 2.44. The molecule has 3 heterocycles. The molecule has 0 fully saturated rings. The lowest BCUT2D eigenvalue weighted by Gasteiger charge is -2.13. The van der Waals surface area contributed by atoms with Gasteiger partial charge in [0, 0.05) is 37.4 Å². The van der Waals surface area contributed by atoms with Crippen LogP contribution in [-0.4, -0.2) is 19.5 Å². The Morgan fingerprint density at radius 3 is 1.67 bits per heavy atom. The van der Waals surface area contributed by atoms with Gasteiger partial charge in [0.2, 0.25) is 5.95 Å². The SMILES string of the molecule is c1ccc(-c2nc(-c3ccccc3)nc(-n3c4c5ccsc5ccc4c4c5ccccc5c5ccccc5c43)n2)cc1. The van der Waals surface area contributed by atoms with Crippen molar-refractivity contribution in [2.24, 2.45) is 0 Å². The molecule has 0 aliphatic rings. The summed E-state index contributed by atoms with van der Waals surface area (Å²) in [6.07, 6.45) is 0. The number of aromatic nitrogens is 4. The Hall–Kier alpha value is -5.39. The monoisotopic (exact) mass is 554 g/mol. The van der Waals surface area contributed by atoms with Gasteiger partial charge in [0.1, 0.15) is 0 Å². The van der Waals surface area contributed by atoms with Gasteiger partial charge < -0.3 is 0 Å². The quantitative estimate of drug-likeness (QED) is 0.204. The fraction of sp³-hybridized carbons (Fsp3) is 0. The molecule has 0 radical (unpaired) electrons. The van der Waals surface area contributed by atoms with E-state index in [4.69, 9.17) is 15.0 Å². The molecule has 4 nitrogen and oxygen atoms in total. The summed E-state index contributed by atoms with van der Waals surface area (Å²) in [6, 6.07) is 44.5. The number of thiophene rings is 1. The first-order valence-electron chi connectivity index (χ1n) is 14.0. The van der Waals surface area contributed by atoms with Gasteiger partial charge in [0.05, 0.1) is 11.0 Å². The second-order valence-corrected chi connectivity index (χ2v) is 11.4. The predicted molar refractivity (Wildman–Crippen MR) is 175 cm³/mol. The maximum Gasteiger partial charge on any atom is 0.238 e. The third-order valence-corrected chi connectivity index (χ3v) is 9.00. The molecule has 0 aliphatic heterocycles. The minimum Gasteiger partial charge on any atom is -0.276 e. The summed E-state index contributed by atoms with van der Waals surface area (Å²) < 4.78 is 3.52. The van der Waals surface area contributed by atoms with E-state index in [-0.39, 0.29) is 0 Å². The van der Waals surface area contributed by atoms with Crippen molar-refractivity contribution in [2.75, 3.05) is 0 Å². The summed E-state index contributed by atoms with van der Waals surface area (Å²) in [5.41, 5.74) is 4.14. The van der Waals surface area contributed by atoms with Crippen LogP contribution in [0.15, 0.2) is 133 Å². The van der Waals surface area contributed by atoms with Crippen LogP contribution in [0.3, 0.4) is 0 Å². The van der Waals surface area contributed by atoms with Crippen LogP contribution in [0.5, 0.6) is 0 Å². The van der Waals surface area contributed by atoms with Crippen LogP contribution in [0.2, 0.25) is 0 Å². The van der Waals surface area contributed by atoms with Crippen LogP contribution >= 0.6 is 11.3 Å². The highest BCUT2D eigenvalue weighted by molar-refractivity contribution is 7.17. The predicted octanol–water partition coefficient (Wildman–Crippen LogP) is 9.82. The van der Waals surface area contributed by atoms with Crippen molar-refractivity contribution in [1.82, 2.24) is 19.5 Å². The zero-order chi connectivity index (χ0) is 27.6. The number of rotatable bonds is 3. The Morgan fingerprint density at radius 2 is 1.00 bits per heavy atom. The van der Waals surface area contributed by atoms with Crippen LogP contribution in [0.4, 0.5) is 0 Å². The average molecular weight is 555 g/mol. The smallest absolute Gasteiger partial charge is 0.238 e. The Morgan fingerprint density at radius 1 is 0.429 bits per heavy atom. The summed E-state index contributed by atoms with van der Waals surface area (Å²) in [7, 11) is 0. The number of nitrogens with zero attached hydrogens (tertiary/aromatic N) is 4. The maximum absolute atomic E-state index is 5.19. The van der Waals surface area contributed by atoms with Gasteiger partial charge >= 0.3 is 0 Å². The van der Waals surface area contributed by atoms with E-state index in [2.05, 4.69) is 101 Å². The first kappa shape index (κ1) is 23.3. The summed E-state index contributed by atoms with van der Waals surface area (Å²) in [6.45, 7) is 0. The Labute approximate surface area is 245 Å². The second kappa shape index (κ2) is 9.06. The highest BCUT2D eigenvalue weighted by Gasteiger charge is 2.23. The lowest BCUT2D eigenvalue weighted by molar-refractivity contribution is 0.957. The largest absolute Gasteiger partial charge is 0.276 e. The van der Waals surface area contributed by atoms with Gasteiger partial charge in [-0.3, -0.25) is 4.57 Å². The summed E-state index contributed by atoms with van der Waals surface area (Å²) >= 11 is 1.76. The zero-order valence-corrected chi connectivity index (χ0v) is 23.2. The van der Waals surface area contributed by atoms with Crippen molar-refractivity contribution >= 4 is 64.8 Å². The van der Waals surface area contributed by atoms with E-state index in [0.29, 0.717) is 17.6 Å². The molecule has 196 valence electrons. The lowest BCUT2D eigenvalue weighted by Crippen LogP contribution is -2.06. The number of benzene rings is 6. The van der Waals surface area contributed by atoms with E-state index in [9.17, 15) is 0 Å². The molecular weight excluding hydrogens is 533 g/mol. The van der Waals surface area contributed by atoms with Gasteiger partial charge in [-0.05, 0) is 33.7 Å². The minimum absolute atomic E-state index is 0.613. The molecule has 0 bridgehead atoms. The van der Waals surface area contributed by atoms with Gasteiger partial charge in [-0.1, -0.05) is 115 Å². The molecule has 0 saturated carbocycles. The molecule has 0 atom stereocenters. The van der Waals surface area contributed by atoms with Crippen LogP contribution in [0.25, 0.3) is 82.2 Å². The highest BCUT2D eigenvalue weighted by atomic mass is 32.1. The molecule has 3 aromatic heterocycles. The van der Waals surface area contributed by atoms with Gasteiger partial charge in [0.25, 0.3) is 0 Å². The third-order valence-electron chi connectivity index (χ3n) is 8.12. The fourth-order valence-electron chi connectivity index (χ4n) is 6.31. The summed E-state index contributed by atoms with van der Waals surface area (Å²) in [4.78, 5) is 15.4. The van der Waals surface area contributed by atoms with Crippen molar-refractivity contribution in [2.45, 2.75) is 0 Å². The lowest BCUT2D eigenvalue weighted by atomic mass is 9.97. The molecular formula is C37H22N4S. The second-order valence-electron chi connectivity index (χ2n) is 10.5. The molecule has 0 unspecified atom stereocenters. The Balaban J connectivity index is 1.53. The molecule has 5 heteroatoms. The molecule has 0 saturated heterocycles. The third kappa shape index (κ3) is 3.38. The number of hydrogen-bond donors (Lipinski definition) is 0. The fourth-order valence-corrected chi connectivity index (χ4v) is 7.10. The molecule has 0 amide bonds. The van der Waals surface area contributed by atoms with Gasteiger partial charge in [-0.2, -0.15) is 9.97 Å². The molecule has 0 N–H and O–H groups in total. The van der Waals surface area contributed by atoms with E-state index < -0.39 is 0 Å². The van der Waals surface area contributed by atoms with Gasteiger partial charge in [-0.25, -0.2) is 4.98 Å². The number of hydrogen-bond acceptors (Lipinski definition) is 4. The summed E-state index contributed by atoms with van der Waals surface area (Å²) in [5.74, 6) is 1.91. The van der Waals surface area contributed by atoms with Crippen LogP contribution in [-0.2, 0) is 0 Å².